The summed E-state index contributed by atoms with van der Waals surface area (Å²) in [5.41, 5.74) is 0.763. The zero-order chi connectivity index (χ0) is 19.6. The molecule has 1 aliphatic rings. The van der Waals surface area contributed by atoms with Crippen LogP contribution in [-0.2, 0) is 22.2 Å². The summed E-state index contributed by atoms with van der Waals surface area (Å²) in [7, 11) is 0. The van der Waals surface area contributed by atoms with Crippen molar-refractivity contribution in [2.24, 2.45) is 5.92 Å². The van der Waals surface area contributed by atoms with Gasteiger partial charge in [0.15, 0.2) is 0 Å². The predicted molar refractivity (Wildman–Crippen MR) is 96.6 cm³/mol. The lowest BCUT2D eigenvalue weighted by molar-refractivity contribution is -0.137. The third-order valence-electron chi connectivity index (χ3n) is 4.39. The summed E-state index contributed by atoms with van der Waals surface area (Å²) in [6.45, 7) is 0. The first-order valence-electron chi connectivity index (χ1n) is 8.29. The Bertz CT molecular complexity index is 883. The van der Waals surface area contributed by atoms with E-state index >= 15 is 0 Å². The number of carbonyl (C=O) groups is 2. The van der Waals surface area contributed by atoms with Gasteiger partial charge in [0.05, 0.1) is 10.6 Å². The molecule has 1 heterocycles. The monoisotopic (exact) mass is 396 g/mol. The van der Waals surface area contributed by atoms with Crippen LogP contribution < -0.4 is 10.6 Å². The van der Waals surface area contributed by atoms with E-state index in [-0.39, 0.29) is 23.9 Å². The summed E-state index contributed by atoms with van der Waals surface area (Å²) in [6, 6.07) is 10.6. The van der Waals surface area contributed by atoms with Gasteiger partial charge in [-0.05, 0) is 42.7 Å². The quantitative estimate of drug-likeness (QED) is 0.773. The topological polar surface area (TPSA) is 58.2 Å². The van der Waals surface area contributed by atoms with E-state index in [1.807, 2.05) is 24.3 Å². The SMILES string of the molecule is O=C(CCC1Cc2ccccc2NC1=O)Nc1ccc(Cl)c(C(F)(F)F)c1. The number of alkyl halides is 3. The molecular formula is C19H16ClF3N2O2. The number of hydrogen-bond donors (Lipinski definition) is 2. The van der Waals surface area contributed by atoms with Gasteiger partial charge in [-0.2, -0.15) is 13.2 Å². The van der Waals surface area contributed by atoms with Crippen molar-refractivity contribution in [3.8, 4) is 0 Å². The van der Waals surface area contributed by atoms with Crippen molar-refractivity contribution in [3.05, 3.63) is 58.6 Å². The van der Waals surface area contributed by atoms with Crippen LogP contribution in [0.2, 0.25) is 5.02 Å². The lowest BCUT2D eigenvalue weighted by Crippen LogP contribution is -2.30. The molecular weight excluding hydrogens is 381 g/mol. The molecule has 0 radical (unpaired) electrons. The van der Waals surface area contributed by atoms with E-state index in [0.29, 0.717) is 12.8 Å². The van der Waals surface area contributed by atoms with Gasteiger partial charge in [-0.3, -0.25) is 9.59 Å². The Hall–Kier alpha value is -2.54. The van der Waals surface area contributed by atoms with Gasteiger partial charge in [0.1, 0.15) is 0 Å². The standard InChI is InChI=1S/C19H16ClF3N2O2/c20-15-7-6-13(10-14(15)19(21,22)23)24-17(26)8-5-12-9-11-3-1-2-4-16(11)25-18(12)27/h1-4,6-7,10,12H,5,8-9H2,(H,24,26)(H,25,27). The number of benzene rings is 2. The number of hydrogen-bond acceptors (Lipinski definition) is 2. The molecule has 2 amide bonds. The van der Waals surface area contributed by atoms with Crippen molar-refractivity contribution in [1.29, 1.82) is 0 Å². The second-order valence-corrected chi connectivity index (χ2v) is 6.73. The van der Waals surface area contributed by atoms with Crippen LogP contribution in [0.1, 0.15) is 24.0 Å². The highest BCUT2D eigenvalue weighted by Crippen LogP contribution is 2.36. The van der Waals surface area contributed by atoms with Crippen LogP contribution in [0.25, 0.3) is 0 Å². The maximum absolute atomic E-state index is 12.9. The summed E-state index contributed by atoms with van der Waals surface area (Å²) in [5, 5.41) is 4.80. The minimum atomic E-state index is -4.61. The predicted octanol–water partition coefficient (Wildman–Crippen LogP) is 4.89. The highest BCUT2D eigenvalue weighted by Gasteiger charge is 2.33. The minimum absolute atomic E-state index is 0.00941. The molecule has 1 aliphatic heterocycles. The van der Waals surface area contributed by atoms with Crippen molar-refractivity contribution in [2.75, 3.05) is 10.6 Å². The van der Waals surface area contributed by atoms with Gasteiger partial charge in [-0.15, -0.1) is 0 Å². The lowest BCUT2D eigenvalue weighted by atomic mass is 9.89. The van der Waals surface area contributed by atoms with E-state index in [1.54, 1.807) is 0 Å². The average Bonchev–Trinajstić information content (AvgIpc) is 2.60. The van der Waals surface area contributed by atoms with Gasteiger partial charge in [0.25, 0.3) is 0 Å². The summed E-state index contributed by atoms with van der Waals surface area (Å²) in [6.07, 6.45) is -3.77. The van der Waals surface area contributed by atoms with Gasteiger partial charge in [-0.25, -0.2) is 0 Å². The fourth-order valence-electron chi connectivity index (χ4n) is 3.00. The van der Waals surface area contributed by atoms with Crippen LogP contribution in [0, 0.1) is 5.92 Å². The van der Waals surface area contributed by atoms with Crippen LogP contribution in [0.15, 0.2) is 42.5 Å². The molecule has 2 aromatic carbocycles. The van der Waals surface area contributed by atoms with Gasteiger partial charge < -0.3 is 10.6 Å². The first kappa shape index (κ1) is 19.2. The van der Waals surface area contributed by atoms with Gasteiger partial charge in [0.2, 0.25) is 11.8 Å². The minimum Gasteiger partial charge on any atom is -0.326 e. The number of halogens is 4. The molecule has 0 fully saturated rings. The number of fused-ring (bicyclic) bond motifs is 1. The van der Waals surface area contributed by atoms with Gasteiger partial charge in [-0.1, -0.05) is 29.8 Å². The van der Waals surface area contributed by atoms with E-state index in [9.17, 15) is 22.8 Å². The molecule has 0 aliphatic carbocycles. The fraction of sp³-hybridized carbons (Fsp3) is 0.263. The fourth-order valence-corrected chi connectivity index (χ4v) is 3.22. The van der Waals surface area contributed by atoms with Crippen molar-refractivity contribution in [1.82, 2.24) is 0 Å². The van der Waals surface area contributed by atoms with E-state index in [4.69, 9.17) is 11.6 Å². The van der Waals surface area contributed by atoms with Gasteiger partial charge in [0, 0.05) is 23.7 Å². The molecule has 8 heteroatoms. The molecule has 0 saturated heterocycles. The molecule has 3 rings (SSSR count). The Morgan fingerprint density at radius 2 is 1.96 bits per heavy atom. The first-order chi connectivity index (χ1) is 12.7. The molecule has 0 saturated carbocycles. The number of nitrogens with one attached hydrogen (secondary N) is 2. The molecule has 142 valence electrons. The number of anilines is 2. The van der Waals surface area contributed by atoms with Crippen LogP contribution in [-0.4, -0.2) is 11.8 Å². The largest absolute Gasteiger partial charge is 0.417 e. The first-order valence-corrected chi connectivity index (χ1v) is 8.67. The van der Waals surface area contributed by atoms with Crippen LogP contribution >= 0.6 is 11.6 Å². The van der Waals surface area contributed by atoms with E-state index in [1.165, 1.54) is 6.07 Å². The zero-order valence-corrected chi connectivity index (χ0v) is 14.8. The van der Waals surface area contributed by atoms with Crippen molar-refractivity contribution < 1.29 is 22.8 Å². The van der Waals surface area contributed by atoms with Crippen molar-refractivity contribution in [2.45, 2.75) is 25.4 Å². The molecule has 1 atom stereocenters. The highest BCUT2D eigenvalue weighted by atomic mass is 35.5. The number of rotatable bonds is 4. The molecule has 2 aromatic rings. The van der Waals surface area contributed by atoms with E-state index < -0.39 is 22.7 Å². The second kappa shape index (κ2) is 7.60. The highest BCUT2D eigenvalue weighted by molar-refractivity contribution is 6.31. The number of para-hydroxylation sites is 1. The van der Waals surface area contributed by atoms with Crippen molar-refractivity contribution in [3.63, 3.8) is 0 Å². The number of amides is 2. The molecule has 27 heavy (non-hydrogen) atoms. The molecule has 0 aromatic heterocycles. The lowest BCUT2D eigenvalue weighted by Gasteiger charge is -2.24. The molecule has 0 spiro atoms. The normalized spacial score (nSPS) is 16.4. The Kier molecular flexibility index (Phi) is 5.41. The van der Waals surface area contributed by atoms with Crippen LogP contribution in [0.4, 0.5) is 24.5 Å². The Morgan fingerprint density at radius 1 is 1.22 bits per heavy atom. The second-order valence-electron chi connectivity index (χ2n) is 6.33. The van der Waals surface area contributed by atoms with Crippen LogP contribution in [0.3, 0.4) is 0 Å². The Morgan fingerprint density at radius 3 is 2.70 bits per heavy atom. The summed E-state index contributed by atoms with van der Waals surface area (Å²) >= 11 is 5.56. The van der Waals surface area contributed by atoms with Gasteiger partial charge >= 0.3 is 6.18 Å². The van der Waals surface area contributed by atoms with E-state index in [0.717, 1.165) is 23.4 Å². The smallest absolute Gasteiger partial charge is 0.326 e. The maximum Gasteiger partial charge on any atom is 0.417 e. The summed E-state index contributed by atoms with van der Waals surface area (Å²) < 4.78 is 38.6. The maximum atomic E-state index is 12.9. The number of carbonyl (C=O) groups excluding carboxylic acids is 2. The third-order valence-corrected chi connectivity index (χ3v) is 4.72. The molecule has 4 nitrogen and oxygen atoms in total. The molecule has 2 N–H and O–H groups in total. The summed E-state index contributed by atoms with van der Waals surface area (Å²) in [4.78, 5) is 24.2. The van der Waals surface area contributed by atoms with E-state index in [2.05, 4.69) is 10.6 Å². The van der Waals surface area contributed by atoms with Crippen molar-refractivity contribution >= 4 is 34.8 Å². The zero-order valence-electron chi connectivity index (χ0n) is 14.1. The Labute approximate surface area is 158 Å². The average molecular weight is 397 g/mol. The van der Waals surface area contributed by atoms with Crippen LogP contribution in [0.5, 0.6) is 0 Å². The molecule has 0 bridgehead atoms. The molecule has 1 unspecified atom stereocenters. The third kappa shape index (κ3) is 4.60. The Balaban J connectivity index is 1.60. The summed E-state index contributed by atoms with van der Waals surface area (Å²) in [5.74, 6) is -0.980.